The summed E-state index contributed by atoms with van der Waals surface area (Å²) in [4.78, 5) is 24.8. The number of carbonyl (C=O) groups is 2. The van der Waals surface area contributed by atoms with Crippen LogP contribution in [-0.2, 0) is 23.2 Å². The Kier molecular flexibility index (Phi) is 4.83. The molecule has 25 heavy (non-hydrogen) atoms. The third-order valence-electron chi connectivity index (χ3n) is 3.97. The van der Waals surface area contributed by atoms with Gasteiger partial charge in [-0.15, -0.1) is 0 Å². The lowest BCUT2D eigenvalue weighted by molar-refractivity contribution is -0.171. The number of imide groups is 1. The number of nitrogens with zero attached hydrogens (tertiary/aromatic N) is 1. The maximum absolute atomic E-state index is 13.1. The zero-order valence-electron chi connectivity index (χ0n) is 13.7. The van der Waals surface area contributed by atoms with E-state index < -0.39 is 31.0 Å². The van der Waals surface area contributed by atoms with Crippen molar-refractivity contribution in [2.45, 2.75) is 25.4 Å². The predicted octanol–water partition coefficient (Wildman–Crippen LogP) is 1.89. The van der Waals surface area contributed by atoms with E-state index in [1.54, 1.807) is 26.0 Å². The quantitative estimate of drug-likeness (QED) is 0.458. The fraction of sp³-hybridized carbons (Fsp3) is 0.467. The first-order chi connectivity index (χ1) is 11.9. The molecule has 2 heterocycles. The highest BCUT2D eigenvalue weighted by atomic mass is 31.2. The number of ether oxygens (including phenoxy) is 2. The highest BCUT2D eigenvalue weighted by Crippen LogP contribution is 2.60. The monoisotopic (exact) mass is 371 g/mol. The fourth-order valence-electron chi connectivity index (χ4n) is 2.95. The third kappa shape index (κ3) is 2.93. The van der Waals surface area contributed by atoms with E-state index >= 15 is 0 Å². The molecule has 0 bridgehead atoms. The Labute approximate surface area is 143 Å². The molecule has 0 radical (unpaired) electrons. The number of carbonyl (C=O) groups excluding carboxylic acids is 2. The van der Waals surface area contributed by atoms with Gasteiger partial charge in [-0.1, -0.05) is 6.07 Å². The van der Waals surface area contributed by atoms with E-state index in [9.17, 15) is 19.4 Å². The molecular formula is C15H18NO8P. The van der Waals surface area contributed by atoms with Gasteiger partial charge in [0.15, 0.2) is 17.2 Å². The summed E-state index contributed by atoms with van der Waals surface area (Å²) < 4.78 is 34.1. The van der Waals surface area contributed by atoms with E-state index in [4.69, 9.17) is 18.5 Å². The molecule has 0 aliphatic carbocycles. The van der Waals surface area contributed by atoms with E-state index in [1.807, 2.05) is 0 Å². The molecule has 136 valence electrons. The zero-order chi connectivity index (χ0) is 18.2. The van der Waals surface area contributed by atoms with Crippen molar-refractivity contribution in [1.82, 2.24) is 5.06 Å². The molecule has 1 aromatic carbocycles. The maximum atomic E-state index is 13.1. The summed E-state index contributed by atoms with van der Waals surface area (Å²) in [7, 11) is -3.98. The molecule has 1 N–H and O–H groups in total. The molecule has 2 atom stereocenters. The molecule has 2 aliphatic rings. The lowest BCUT2D eigenvalue weighted by Crippen LogP contribution is -2.29. The second-order valence-corrected chi connectivity index (χ2v) is 7.55. The summed E-state index contributed by atoms with van der Waals surface area (Å²) in [5.74, 6) is -2.23. The van der Waals surface area contributed by atoms with Gasteiger partial charge in [-0.2, -0.15) is 5.06 Å². The molecule has 0 saturated carbocycles. The zero-order valence-corrected chi connectivity index (χ0v) is 14.6. The first-order valence-corrected chi connectivity index (χ1v) is 9.39. The summed E-state index contributed by atoms with van der Waals surface area (Å²) in [5.41, 5.74) is -1.12. The van der Waals surface area contributed by atoms with Crippen LogP contribution in [0, 0.1) is 0 Å². The molecule has 1 aromatic rings. The van der Waals surface area contributed by atoms with Crippen LogP contribution in [0.5, 0.6) is 11.5 Å². The second-order valence-electron chi connectivity index (χ2n) is 5.40. The summed E-state index contributed by atoms with van der Waals surface area (Å²) in [6, 6.07) is 4.66. The average Bonchev–Trinajstić information content (AvgIpc) is 3.13. The van der Waals surface area contributed by atoms with Crippen LogP contribution < -0.4 is 9.47 Å². The van der Waals surface area contributed by atoms with Crippen LogP contribution in [0.15, 0.2) is 18.2 Å². The lowest BCUT2D eigenvalue weighted by atomic mass is 9.96. The van der Waals surface area contributed by atoms with Crippen LogP contribution in [0.1, 0.15) is 25.3 Å². The Bertz CT molecular complexity index is 741. The highest BCUT2D eigenvalue weighted by Gasteiger charge is 2.58. The van der Waals surface area contributed by atoms with Crippen molar-refractivity contribution in [2.24, 2.45) is 0 Å². The summed E-state index contributed by atoms with van der Waals surface area (Å²) in [6.07, 6.45) is 0. The van der Waals surface area contributed by atoms with Gasteiger partial charge in [0.1, 0.15) is 0 Å². The van der Waals surface area contributed by atoms with E-state index in [0.29, 0.717) is 17.1 Å². The van der Waals surface area contributed by atoms with Crippen LogP contribution in [0.3, 0.4) is 0 Å². The SMILES string of the molecule is CCOP(=O)(OCC)C1C(=O)N(O)C(=O)[C@@H]1c1ccc2c(c1)OCO2. The number of amides is 2. The molecule has 1 fully saturated rings. The standard InChI is InChI=1S/C15H18NO8P/c1-3-23-25(20,24-4-2)13-12(14(17)16(19)15(13)18)9-5-6-10-11(7-9)22-8-21-10/h5-7,12-13,19H,3-4,8H2,1-2H3/t12-,13?/m1/s1. The number of benzene rings is 1. The molecule has 3 rings (SSSR count). The minimum Gasteiger partial charge on any atom is -0.454 e. The molecule has 1 unspecified atom stereocenters. The van der Waals surface area contributed by atoms with E-state index in [-0.39, 0.29) is 25.1 Å². The van der Waals surface area contributed by atoms with Gasteiger partial charge in [0.2, 0.25) is 6.79 Å². The minimum atomic E-state index is -3.98. The molecule has 2 aliphatic heterocycles. The largest absolute Gasteiger partial charge is 0.454 e. The predicted molar refractivity (Wildman–Crippen MR) is 83.6 cm³/mol. The van der Waals surface area contributed by atoms with Crippen LogP contribution >= 0.6 is 7.60 Å². The lowest BCUT2D eigenvalue weighted by Gasteiger charge is -2.24. The van der Waals surface area contributed by atoms with Gasteiger partial charge >= 0.3 is 7.60 Å². The van der Waals surface area contributed by atoms with Crippen molar-refractivity contribution in [3.05, 3.63) is 23.8 Å². The number of hydroxylamine groups is 2. The smallest absolute Gasteiger partial charge is 0.344 e. The van der Waals surface area contributed by atoms with Crippen molar-refractivity contribution >= 4 is 19.4 Å². The number of hydrogen-bond donors (Lipinski definition) is 1. The maximum Gasteiger partial charge on any atom is 0.344 e. The Hall–Kier alpha value is -1.93. The normalized spacial score (nSPS) is 22.8. The summed E-state index contributed by atoms with van der Waals surface area (Å²) >= 11 is 0. The highest BCUT2D eigenvalue weighted by molar-refractivity contribution is 7.56. The van der Waals surface area contributed by atoms with E-state index in [2.05, 4.69) is 0 Å². The first-order valence-electron chi connectivity index (χ1n) is 7.78. The first kappa shape index (κ1) is 17.9. The van der Waals surface area contributed by atoms with Crippen molar-refractivity contribution in [3.8, 4) is 11.5 Å². The van der Waals surface area contributed by atoms with Crippen LogP contribution in [0.25, 0.3) is 0 Å². The number of fused-ring (bicyclic) bond motifs is 1. The van der Waals surface area contributed by atoms with Crippen molar-refractivity contribution in [3.63, 3.8) is 0 Å². The Morgan fingerprint density at radius 1 is 1.16 bits per heavy atom. The Balaban J connectivity index is 2.06. The van der Waals surface area contributed by atoms with E-state index in [1.165, 1.54) is 6.07 Å². The molecule has 9 nitrogen and oxygen atoms in total. The summed E-state index contributed by atoms with van der Waals surface area (Å²) in [6.45, 7) is 3.28. The van der Waals surface area contributed by atoms with Crippen LogP contribution in [0.2, 0.25) is 0 Å². The van der Waals surface area contributed by atoms with Crippen LogP contribution in [-0.4, -0.2) is 47.8 Å². The molecule has 0 spiro atoms. The topological polar surface area (TPSA) is 112 Å². The molecular weight excluding hydrogens is 353 g/mol. The van der Waals surface area contributed by atoms with E-state index in [0.717, 1.165) is 0 Å². The molecule has 2 amide bonds. The van der Waals surface area contributed by atoms with Gasteiger partial charge in [0.05, 0.1) is 19.1 Å². The average molecular weight is 371 g/mol. The Morgan fingerprint density at radius 2 is 1.80 bits per heavy atom. The van der Waals surface area contributed by atoms with Crippen molar-refractivity contribution in [2.75, 3.05) is 20.0 Å². The second kappa shape index (κ2) is 6.76. The minimum absolute atomic E-state index is 0.0224. The molecule has 0 aromatic heterocycles. The van der Waals surface area contributed by atoms with Crippen molar-refractivity contribution in [1.29, 1.82) is 0 Å². The van der Waals surface area contributed by atoms with Gasteiger partial charge in [0.25, 0.3) is 11.8 Å². The Morgan fingerprint density at radius 3 is 2.44 bits per heavy atom. The molecule has 1 saturated heterocycles. The van der Waals surface area contributed by atoms with Gasteiger partial charge in [0, 0.05) is 0 Å². The summed E-state index contributed by atoms with van der Waals surface area (Å²) in [5, 5.41) is 9.78. The van der Waals surface area contributed by atoms with Gasteiger partial charge in [-0.25, -0.2) is 0 Å². The van der Waals surface area contributed by atoms with Gasteiger partial charge < -0.3 is 18.5 Å². The van der Waals surface area contributed by atoms with Gasteiger partial charge in [-0.3, -0.25) is 19.4 Å². The number of rotatable bonds is 6. The van der Waals surface area contributed by atoms with Crippen LogP contribution in [0.4, 0.5) is 0 Å². The molecule has 10 heteroatoms. The van der Waals surface area contributed by atoms with Crippen molar-refractivity contribution < 1.29 is 37.9 Å². The number of hydrogen-bond acceptors (Lipinski definition) is 8. The fourth-order valence-corrected chi connectivity index (χ4v) is 5.11. The van der Waals surface area contributed by atoms with Gasteiger partial charge in [-0.05, 0) is 31.5 Å². The third-order valence-corrected chi connectivity index (χ3v) is 6.40.